The Morgan fingerprint density at radius 1 is 1.62 bits per heavy atom. The van der Waals surface area contributed by atoms with E-state index in [9.17, 15) is 0 Å². The third-order valence-corrected chi connectivity index (χ3v) is 1.48. The molecule has 1 aliphatic rings. The summed E-state index contributed by atoms with van der Waals surface area (Å²) in [6, 6.07) is 0. The fraction of sp³-hybridized carbons (Fsp3) is 1.00. The lowest BCUT2D eigenvalue weighted by atomic mass is 10.0. The minimum absolute atomic E-state index is 0.352. The molecule has 0 aromatic carbocycles. The molecule has 3 heteroatoms. The van der Waals surface area contributed by atoms with E-state index in [-0.39, 0.29) is 5.72 Å². The zero-order valence-electron chi connectivity index (χ0n) is 4.89. The molecule has 0 amide bonds. The molecule has 8 heavy (non-hydrogen) atoms. The van der Waals surface area contributed by atoms with Crippen molar-refractivity contribution >= 4 is 0 Å². The summed E-state index contributed by atoms with van der Waals surface area (Å²) in [6.07, 6.45) is 1.75. The van der Waals surface area contributed by atoms with Crippen LogP contribution in [0.5, 0.6) is 0 Å². The summed E-state index contributed by atoms with van der Waals surface area (Å²) in [5.41, 5.74) is 10.5. The summed E-state index contributed by atoms with van der Waals surface area (Å²) < 4.78 is 5.06. The minimum atomic E-state index is -0.352. The van der Waals surface area contributed by atoms with Crippen LogP contribution in [-0.4, -0.2) is 18.9 Å². The Morgan fingerprint density at radius 2 is 2.25 bits per heavy atom. The number of hydrogen-bond acceptors (Lipinski definition) is 3. The quantitative estimate of drug-likeness (QED) is 0.507. The lowest BCUT2D eigenvalue weighted by molar-refractivity contribution is -0.145. The van der Waals surface area contributed by atoms with Crippen molar-refractivity contribution in [2.75, 3.05) is 13.2 Å². The summed E-state index contributed by atoms with van der Waals surface area (Å²) in [6.45, 7) is 1.42. The van der Waals surface area contributed by atoms with Crippen LogP contribution in [-0.2, 0) is 4.74 Å². The van der Waals surface area contributed by atoms with E-state index in [1.165, 1.54) is 0 Å². The van der Waals surface area contributed by atoms with E-state index in [2.05, 4.69) is 0 Å². The van der Waals surface area contributed by atoms with Crippen LogP contribution in [0.25, 0.3) is 0 Å². The summed E-state index contributed by atoms with van der Waals surface area (Å²) >= 11 is 0. The molecule has 3 nitrogen and oxygen atoms in total. The first kappa shape index (κ1) is 6.01. The van der Waals surface area contributed by atoms with Crippen LogP contribution in [0.3, 0.4) is 0 Å². The van der Waals surface area contributed by atoms with Gasteiger partial charge in [0.2, 0.25) is 0 Å². The summed E-state index contributed by atoms with van der Waals surface area (Å²) in [7, 11) is 0. The van der Waals surface area contributed by atoms with Crippen molar-refractivity contribution in [3.05, 3.63) is 0 Å². The Kier molecular flexibility index (Phi) is 1.51. The van der Waals surface area contributed by atoms with E-state index in [1.807, 2.05) is 0 Å². The number of nitrogens with two attached hydrogens (primary N) is 2. The van der Waals surface area contributed by atoms with Gasteiger partial charge in [-0.1, -0.05) is 0 Å². The molecule has 1 saturated heterocycles. The zero-order chi connectivity index (χ0) is 6.04. The Bertz CT molecular complexity index is 80.5. The summed E-state index contributed by atoms with van der Waals surface area (Å²) in [5, 5.41) is 0. The predicted molar refractivity (Wildman–Crippen MR) is 31.2 cm³/mol. The lowest BCUT2D eigenvalue weighted by Gasteiger charge is -2.37. The first-order valence-corrected chi connectivity index (χ1v) is 2.90. The smallest absolute Gasteiger partial charge is 0.120 e. The maximum atomic E-state index is 5.61. The second kappa shape index (κ2) is 2.01. The second-order valence-electron chi connectivity index (χ2n) is 2.20. The SMILES string of the molecule is NCCC1(N)CCO1. The van der Waals surface area contributed by atoms with Gasteiger partial charge in [-0.3, -0.25) is 0 Å². The molecular formula is C5H12N2O. The predicted octanol–water partition coefficient (Wildman–Crippen LogP) is -0.590. The molecule has 0 aromatic rings. The Balaban J connectivity index is 2.20. The highest BCUT2D eigenvalue weighted by Crippen LogP contribution is 2.22. The summed E-state index contributed by atoms with van der Waals surface area (Å²) in [4.78, 5) is 0. The molecule has 1 rings (SSSR count). The van der Waals surface area contributed by atoms with Crippen LogP contribution in [0.2, 0.25) is 0 Å². The van der Waals surface area contributed by atoms with Crippen molar-refractivity contribution < 1.29 is 4.74 Å². The van der Waals surface area contributed by atoms with Gasteiger partial charge in [-0.15, -0.1) is 0 Å². The van der Waals surface area contributed by atoms with E-state index >= 15 is 0 Å². The second-order valence-corrected chi connectivity index (χ2v) is 2.20. The monoisotopic (exact) mass is 116 g/mol. The molecule has 0 aliphatic carbocycles. The van der Waals surface area contributed by atoms with Gasteiger partial charge in [0.05, 0.1) is 6.61 Å². The highest BCUT2D eigenvalue weighted by molar-refractivity contribution is 4.80. The molecule has 48 valence electrons. The lowest BCUT2D eigenvalue weighted by Crippen LogP contribution is -2.53. The standard InChI is InChI=1S/C5H12N2O/c6-3-1-5(7)2-4-8-5/h1-4,6-7H2. The molecule has 0 bridgehead atoms. The third kappa shape index (κ3) is 0.992. The van der Waals surface area contributed by atoms with Gasteiger partial charge in [-0.2, -0.15) is 0 Å². The van der Waals surface area contributed by atoms with Crippen molar-refractivity contribution in [3.63, 3.8) is 0 Å². The first-order chi connectivity index (χ1) is 3.77. The molecule has 4 N–H and O–H groups in total. The average molecular weight is 116 g/mol. The van der Waals surface area contributed by atoms with Gasteiger partial charge >= 0.3 is 0 Å². The van der Waals surface area contributed by atoms with E-state index in [1.54, 1.807) is 0 Å². The third-order valence-electron chi connectivity index (χ3n) is 1.48. The van der Waals surface area contributed by atoms with Crippen molar-refractivity contribution in [1.29, 1.82) is 0 Å². The molecule has 0 saturated carbocycles. The molecule has 1 aliphatic heterocycles. The molecule has 1 fully saturated rings. The summed E-state index contributed by atoms with van der Waals surface area (Å²) in [5.74, 6) is 0. The zero-order valence-corrected chi connectivity index (χ0v) is 4.89. The van der Waals surface area contributed by atoms with E-state index in [0.29, 0.717) is 6.54 Å². The molecule has 1 heterocycles. The van der Waals surface area contributed by atoms with Crippen molar-refractivity contribution in [2.45, 2.75) is 18.6 Å². The van der Waals surface area contributed by atoms with Crippen LogP contribution >= 0.6 is 0 Å². The molecule has 0 aromatic heterocycles. The highest BCUT2D eigenvalue weighted by Gasteiger charge is 2.32. The van der Waals surface area contributed by atoms with Crippen molar-refractivity contribution in [2.24, 2.45) is 11.5 Å². The fourth-order valence-electron chi connectivity index (χ4n) is 0.806. The number of rotatable bonds is 2. The van der Waals surface area contributed by atoms with Crippen LogP contribution in [0.15, 0.2) is 0 Å². The maximum absolute atomic E-state index is 5.61. The van der Waals surface area contributed by atoms with E-state index < -0.39 is 0 Å². The van der Waals surface area contributed by atoms with Crippen molar-refractivity contribution in [1.82, 2.24) is 0 Å². The Morgan fingerprint density at radius 3 is 2.38 bits per heavy atom. The topological polar surface area (TPSA) is 61.3 Å². The highest BCUT2D eigenvalue weighted by atomic mass is 16.5. The molecule has 0 spiro atoms. The molecular weight excluding hydrogens is 104 g/mol. The molecule has 0 radical (unpaired) electrons. The van der Waals surface area contributed by atoms with E-state index in [4.69, 9.17) is 16.2 Å². The molecule has 1 atom stereocenters. The van der Waals surface area contributed by atoms with Gasteiger partial charge < -0.3 is 16.2 Å². The van der Waals surface area contributed by atoms with Gasteiger partial charge in [0.15, 0.2) is 0 Å². The van der Waals surface area contributed by atoms with Crippen LogP contribution in [0, 0.1) is 0 Å². The largest absolute Gasteiger partial charge is 0.361 e. The average Bonchev–Trinajstić information content (AvgIpc) is 1.64. The van der Waals surface area contributed by atoms with Crippen molar-refractivity contribution in [3.8, 4) is 0 Å². The fourth-order valence-corrected chi connectivity index (χ4v) is 0.806. The number of ether oxygens (including phenoxy) is 1. The van der Waals surface area contributed by atoms with Gasteiger partial charge in [-0.25, -0.2) is 0 Å². The Hall–Kier alpha value is -0.120. The molecule has 1 unspecified atom stereocenters. The Labute approximate surface area is 49.0 Å². The minimum Gasteiger partial charge on any atom is -0.361 e. The van der Waals surface area contributed by atoms with E-state index in [0.717, 1.165) is 19.4 Å². The van der Waals surface area contributed by atoms with Crippen LogP contribution < -0.4 is 11.5 Å². The first-order valence-electron chi connectivity index (χ1n) is 2.90. The van der Waals surface area contributed by atoms with Crippen LogP contribution in [0.4, 0.5) is 0 Å². The number of hydrogen-bond donors (Lipinski definition) is 2. The van der Waals surface area contributed by atoms with Gasteiger partial charge in [0, 0.05) is 12.8 Å². The van der Waals surface area contributed by atoms with Gasteiger partial charge in [0.25, 0.3) is 0 Å². The van der Waals surface area contributed by atoms with Gasteiger partial charge in [0.1, 0.15) is 5.72 Å². The van der Waals surface area contributed by atoms with Gasteiger partial charge in [-0.05, 0) is 6.54 Å². The maximum Gasteiger partial charge on any atom is 0.120 e. The normalized spacial score (nSPS) is 36.8. The van der Waals surface area contributed by atoms with Crippen LogP contribution in [0.1, 0.15) is 12.8 Å².